The standard InChI is InChI=1S/C18H16F4N6O2S/c19-15-2-1-13(11-14(15)18(20,21)22)31(29,30)28-9-7-26(8-10-28)16-3-4-17(25-24-16)27-6-5-23-12-27/h1-6,11-12H,7-10H2. The molecule has 164 valence electrons. The van der Waals surface area contributed by atoms with E-state index in [-0.39, 0.29) is 26.2 Å². The fourth-order valence-electron chi connectivity index (χ4n) is 3.21. The number of piperazine rings is 1. The van der Waals surface area contributed by atoms with Crippen LogP contribution in [0.25, 0.3) is 5.82 Å². The molecule has 1 saturated heterocycles. The van der Waals surface area contributed by atoms with Gasteiger partial charge in [-0.15, -0.1) is 10.2 Å². The fourth-order valence-corrected chi connectivity index (χ4v) is 4.66. The molecule has 31 heavy (non-hydrogen) atoms. The summed E-state index contributed by atoms with van der Waals surface area (Å²) in [5.41, 5.74) is -1.61. The fraction of sp³-hybridized carbons (Fsp3) is 0.278. The summed E-state index contributed by atoms with van der Waals surface area (Å²) in [4.78, 5) is 5.15. The van der Waals surface area contributed by atoms with Gasteiger partial charge in [0.1, 0.15) is 12.1 Å². The van der Waals surface area contributed by atoms with Crippen molar-refractivity contribution in [2.45, 2.75) is 11.1 Å². The zero-order chi connectivity index (χ0) is 22.2. The third kappa shape index (κ3) is 4.23. The van der Waals surface area contributed by atoms with E-state index in [1.165, 1.54) is 0 Å². The molecule has 1 aliphatic heterocycles. The van der Waals surface area contributed by atoms with Crippen LogP contribution in [-0.2, 0) is 16.2 Å². The SMILES string of the molecule is O=S(=O)(c1ccc(F)c(C(F)(F)F)c1)N1CCN(c2ccc(-n3ccnc3)nn2)CC1. The molecule has 0 radical (unpaired) electrons. The normalized spacial score (nSPS) is 15.9. The first-order chi connectivity index (χ1) is 14.7. The van der Waals surface area contributed by atoms with Crippen molar-refractivity contribution in [3.63, 3.8) is 0 Å². The Balaban J connectivity index is 1.47. The highest BCUT2D eigenvalue weighted by Gasteiger charge is 2.37. The lowest BCUT2D eigenvalue weighted by Gasteiger charge is -2.34. The zero-order valence-electron chi connectivity index (χ0n) is 15.9. The van der Waals surface area contributed by atoms with Crippen molar-refractivity contribution in [3.05, 3.63) is 60.4 Å². The summed E-state index contributed by atoms with van der Waals surface area (Å²) >= 11 is 0. The van der Waals surface area contributed by atoms with Crippen molar-refractivity contribution in [1.82, 2.24) is 24.1 Å². The molecule has 1 aromatic carbocycles. The maximum absolute atomic E-state index is 13.5. The third-order valence-corrected chi connectivity index (χ3v) is 6.74. The van der Waals surface area contributed by atoms with E-state index in [0.29, 0.717) is 23.8 Å². The average Bonchev–Trinajstić information content (AvgIpc) is 3.28. The summed E-state index contributed by atoms with van der Waals surface area (Å²) in [6.45, 7) is 0.606. The van der Waals surface area contributed by atoms with E-state index in [0.717, 1.165) is 10.4 Å². The van der Waals surface area contributed by atoms with Crippen LogP contribution in [0.3, 0.4) is 0 Å². The minimum atomic E-state index is -4.99. The van der Waals surface area contributed by atoms with Crippen molar-refractivity contribution in [2.24, 2.45) is 0 Å². The number of hydrogen-bond donors (Lipinski definition) is 0. The molecule has 0 aliphatic carbocycles. The van der Waals surface area contributed by atoms with Gasteiger partial charge in [0.05, 0.1) is 10.5 Å². The van der Waals surface area contributed by atoms with Crippen LogP contribution in [0.5, 0.6) is 0 Å². The Kier molecular flexibility index (Phi) is 5.39. The molecule has 4 rings (SSSR count). The first-order valence-electron chi connectivity index (χ1n) is 9.10. The van der Waals surface area contributed by atoms with Gasteiger partial charge in [0.2, 0.25) is 10.0 Å². The Bertz CT molecular complexity index is 1160. The highest BCUT2D eigenvalue weighted by molar-refractivity contribution is 7.89. The highest BCUT2D eigenvalue weighted by atomic mass is 32.2. The van der Waals surface area contributed by atoms with Gasteiger partial charge >= 0.3 is 6.18 Å². The molecule has 0 unspecified atom stereocenters. The van der Waals surface area contributed by atoms with Crippen LogP contribution in [0, 0.1) is 5.82 Å². The Morgan fingerprint density at radius 3 is 2.19 bits per heavy atom. The maximum atomic E-state index is 13.5. The summed E-state index contributed by atoms with van der Waals surface area (Å²) in [6, 6.07) is 5.17. The lowest BCUT2D eigenvalue weighted by atomic mass is 10.2. The number of hydrogen-bond acceptors (Lipinski definition) is 6. The summed E-state index contributed by atoms with van der Waals surface area (Å²) < 4.78 is 80.6. The number of benzene rings is 1. The lowest BCUT2D eigenvalue weighted by Crippen LogP contribution is -2.49. The van der Waals surface area contributed by atoms with Crippen LogP contribution >= 0.6 is 0 Å². The highest BCUT2D eigenvalue weighted by Crippen LogP contribution is 2.33. The van der Waals surface area contributed by atoms with E-state index < -0.39 is 32.5 Å². The first-order valence-corrected chi connectivity index (χ1v) is 10.5. The summed E-state index contributed by atoms with van der Waals surface area (Å²) in [5, 5.41) is 8.25. The second-order valence-corrected chi connectivity index (χ2v) is 8.69. The number of alkyl halides is 3. The molecule has 2 aromatic heterocycles. The Labute approximate surface area is 174 Å². The Hall–Kier alpha value is -3.06. The van der Waals surface area contributed by atoms with Crippen molar-refractivity contribution >= 4 is 15.8 Å². The van der Waals surface area contributed by atoms with E-state index in [1.807, 2.05) is 4.90 Å². The molecule has 3 heterocycles. The van der Waals surface area contributed by atoms with Gasteiger partial charge in [-0.1, -0.05) is 0 Å². The molecule has 0 spiro atoms. The molecule has 0 amide bonds. The lowest BCUT2D eigenvalue weighted by molar-refractivity contribution is -0.140. The first kappa shape index (κ1) is 21.2. The molecule has 0 atom stereocenters. The molecule has 8 nitrogen and oxygen atoms in total. The Morgan fingerprint density at radius 2 is 1.61 bits per heavy atom. The second-order valence-electron chi connectivity index (χ2n) is 6.75. The average molecular weight is 456 g/mol. The summed E-state index contributed by atoms with van der Waals surface area (Å²) in [7, 11) is -4.21. The molecule has 13 heteroatoms. The van der Waals surface area contributed by atoms with Crippen LogP contribution in [0.4, 0.5) is 23.4 Å². The number of anilines is 1. The van der Waals surface area contributed by atoms with Gasteiger partial charge < -0.3 is 4.90 Å². The van der Waals surface area contributed by atoms with Crippen molar-refractivity contribution in [1.29, 1.82) is 0 Å². The van der Waals surface area contributed by atoms with Crippen LogP contribution in [0.15, 0.2) is 53.9 Å². The van der Waals surface area contributed by atoms with E-state index in [4.69, 9.17) is 0 Å². The topological polar surface area (TPSA) is 84.2 Å². The van der Waals surface area contributed by atoms with Crippen molar-refractivity contribution in [2.75, 3.05) is 31.1 Å². The van der Waals surface area contributed by atoms with E-state index in [2.05, 4.69) is 15.2 Å². The van der Waals surface area contributed by atoms with Crippen LogP contribution in [0.2, 0.25) is 0 Å². The smallest absolute Gasteiger partial charge is 0.352 e. The van der Waals surface area contributed by atoms with Crippen molar-refractivity contribution in [3.8, 4) is 5.82 Å². The number of imidazole rings is 1. The minimum absolute atomic E-state index is 0.0337. The van der Waals surface area contributed by atoms with Gasteiger partial charge in [0.25, 0.3) is 0 Å². The molecule has 0 bridgehead atoms. The molecule has 3 aromatic rings. The maximum Gasteiger partial charge on any atom is 0.419 e. The number of aromatic nitrogens is 4. The largest absolute Gasteiger partial charge is 0.419 e. The van der Waals surface area contributed by atoms with Gasteiger partial charge in [-0.2, -0.15) is 17.5 Å². The molecular formula is C18H16F4N6O2S. The minimum Gasteiger partial charge on any atom is -0.352 e. The van der Waals surface area contributed by atoms with Crippen LogP contribution in [0.1, 0.15) is 5.56 Å². The second kappa shape index (κ2) is 7.89. The monoisotopic (exact) mass is 456 g/mol. The zero-order valence-corrected chi connectivity index (χ0v) is 16.7. The predicted molar refractivity (Wildman–Crippen MR) is 102 cm³/mol. The number of rotatable bonds is 4. The van der Waals surface area contributed by atoms with E-state index in [1.54, 1.807) is 35.4 Å². The van der Waals surface area contributed by atoms with E-state index in [9.17, 15) is 26.0 Å². The summed E-state index contributed by atoms with van der Waals surface area (Å²) in [5.74, 6) is -0.407. The van der Waals surface area contributed by atoms with Crippen LogP contribution in [-0.4, -0.2) is 58.7 Å². The van der Waals surface area contributed by atoms with Crippen LogP contribution < -0.4 is 4.90 Å². The van der Waals surface area contributed by atoms with Gasteiger partial charge in [-0.05, 0) is 30.3 Å². The van der Waals surface area contributed by atoms with Gasteiger partial charge in [0.15, 0.2) is 11.6 Å². The summed E-state index contributed by atoms with van der Waals surface area (Å²) in [6.07, 6.45) is -0.0934. The molecular weight excluding hydrogens is 440 g/mol. The predicted octanol–water partition coefficient (Wildman–Crippen LogP) is 2.33. The number of sulfonamides is 1. The molecule has 0 saturated carbocycles. The molecule has 1 aliphatic rings. The van der Waals surface area contributed by atoms with Gasteiger partial charge in [-0.25, -0.2) is 17.8 Å². The molecule has 1 fully saturated rings. The third-order valence-electron chi connectivity index (χ3n) is 4.85. The van der Waals surface area contributed by atoms with Crippen molar-refractivity contribution < 1.29 is 26.0 Å². The Morgan fingerprint density at radius 1 is 0.935 bits per heavy atom. The van der Waals surface area contributed by atoms with Gasteiger partial charge in [0, 0.05) is 38.6 Å². The quantitative estimate of drug-likeness (QED) is 0.561. The number of halogens is 4. The molecule has 0 N–H and O–H groups in total. The number of nitrogens with zero attached hydrogens (tertiary/aromatic N) is 6. The van der Waals surface area contributed by atoms with Gasteiger partial charge in [-0.3, -0.25) is 4.57 Å². The van der Waals surface area contributed by atoms with E-state index >= 15 is 0 Å².